The summed E-state index contributed by atoms with van der Waals surface area (Å²) in [5.41, 5.74) is 2.60. The first kappa shape index (κ1) is 15.3. The third kappa shape index (κ3) is 3.34. The molecule has 0 bridgehead atoms. The second kappa shape index (κ2) is 6.14. The number of benzene rings is 1. The van der Waals surface area contributed by atoms with Crippen LogP contribution in [0.5, 0.6) is 0 Å². The topological polar surface area (TPSA) is 51.1 Å². The normalized spacial score (nSPS) is 12.0. The lowest BCUT2D eigenvalue weighted by molar-refractivity contribution is -0.118. The number of anilines is 1. The number of hydrogen-bond donors (Lipinski definition) is 1. The summed E-state index contributed by atoms with van der Waals surface area (Å²) in [4.78, 5) is 24.1. The second-order valence-corrected chi connectivity index (χ2v) is 5.44. The Morgan fingerprint density at radius 3 is 2.67 bits per heavy atom. The predicted molar refractivity (Wildman–Crippen MR) is 85.0 cm³/mol. The Hall–Kier alpha value is -2.07. The first-order valence-corrected chi connectivity index (χ1v) is 7.02. The molecule has 0 spiro atoms. The Bertz CT molecular complexity index is 737. The molecule has 0 saturated carbocycles. The Labute approximate surface area is 128 Å². The number of aryl methyl sites for hydroxylation is 1. The van der Waals surface area contributed by atoms with E-state index in [1.54, 1.807) is 6.92 Å². The van der Waals surface area contributed by atoms with Gasteiger partial charge in [-0.05, 0) is 44.0 Å². The zero-order valence-electron chi connectivity index (χ0n) is 12.2. The summed E-state index contributed by atoms with van der Waals surface area (Å²) in [7, 11) is 0. The smallest absolute Gasteiger partial charge is 0.251 e. The van der Waals surface area contributed by atoms with Crippen LogP contribution in [0.4, 0.5) is 5.69 Å². The van der Waals surface area contributed by atoms with Crippen LogP contribution in [0, 0.1) is 13.8 Å². The van der Waals surface area contributed by atoms with E-state index in [1.807, 2.05) is 32.0 Å². The van der Waals surface area contributed by atoms with Crippen molar-refractivity contribution < 1.29 is 4.79 Å². The van der Waals surface area contributed by atoms with E-state index < -0.39 is 6.04 Å². The van der Waals surface area contributed by atoms with E-state index in [9.17, 15) is 9.59 Å². The van der Waals surface area contributed by atoms with E-state index in [2.05, 4.69) is 5.32 Å². The lowest BCUT2D eigenvalue weighted by atomic mass is 10.1. The minimum Gasteiger partial charge on any atom is -0.324 e. The molecule has 0 aliphatic rings. The SMILES string of the molecule is Cc1cccc(NC(=O)C(C)n2cc(Cl)ccc2=O)c1C. The largest absolute Gasteiger partial charge is 0.324 e. The monoisotopic (exact) mass is 304 g/mol. The van der Waals surface area contributed by atoms with Crippen molar-refractivity contribution in [2.75, 3.05) is 5.32 Å². The zero-order chi connectivity index (χ0) is 15.6. The number of amides is 1. The van der Waals surface area contributed by atoms with Gasteiger partial charge in [-0.1, -0.05) is 23.7 Å². The van der Waals surface area contributed by atoms with Gasteiger partial charge in [0.2, 0.25) is 5.91 Å². The molecule has 0 fully saturated rings. The molecule has 1 aromatic heterocycles. The highest BCUT2D eigenvalue weighted by Crippen LogP contribution is 2.19. The Balaban J connectivity index is 2.26. The molecule has 4 nitrogen and oxygen atoms in total. The quantitative estimate of drug-likeness (QED) is 0.945. The van der Waals surface area contributed by atoms with E-state index in [0.29, 0.717) is 5.02 Å². The number of aromatic nitrogens is 1. The van der Waals surface area contributed by atoms with Crippen LogP contribution in [-0.4, -0.2) is 10.5 Å². The van der Waals surface area contributed by atoms with E-state index in [0.717, 1.165) is 16.8 Å². The molecule has 1 N–H and O–H groups in total. The van der Waals surface area contributed by atoms with Gasteiger partial charge in [0.05, 0.1) is 5.02 Å². The van der Waals surface area contributed by atoms with Crippen molar-refractivity contribution in [2.24, 2.45) is 0 Å². The van der Waals surface area contributed by atoms with Crippen LogP contribution >= 0.6 is 11.6 Å². The highest BCUT2D eigenvalue weighted by atomic mass is 35.5. The molecule has 0 radical (unpaired) electrons. The van der Waals surface area contributed by atoms with Gasteiger partial charge in [0.25, 0.3) is 5.56 Å². The van der Waals surface area contributed by atoms with Crippen molar-refractivity contribution in [3.8, 4) is 0 Å². The molecule has 21 heavy (non-hydrogen) atoms. The fourth-order valence-electron chi connectivity index (χ4n) is 2.03. The van der Waals surface area contributed by atoms with Crippen molar-refractivity contribution >= 4 is 23.2 Å². The summed E-state index contributed by atoms with van der Waals surface area (Å²) in [5, 5.41) is 3.27. The zero-order valence-corrected chi connectivity index (χ0v) is 12.9. The molecule has 0 aliphatic heterocycles. The number of hydrogen-bond acceptors (Lipinski definition) is 2. The van der Waals surface area contributed by atoms with Crippen molar-refractivity contribution in [3.63, 3.8) is 0 Å². The maximum Gasteiger partial charge on any atom is 0.251 e. The van der Waals surface area contributed by atoms with Crippen LogP contribution in [0.15, 0.2) is 41.3 Å². The third-order valence-electron chi connectivity index (χ3n) is 3.56. The highest BCUT2D eigenvalue weighted by molar-refractivity contribution is 6.30. The van der Waals surface area contributed by atoms with Gasteiger partial charge >= 0.3 is 0 Å². The minimum atomic E-state index is -0.642. The molecule has 0 aliphatic carbocycles. The fraction of sp³-hybridized carbons (Fsp3) is 0.250. The summed E-state index contributed by atoms with van der Waals surface area (Å²) < 4.78 is 1.32. The lowest BCUT2D eigenvalue weighted by Crippen LogP contribution is -2.31. The van der Waals surface area contributed by atoms with Crippen LogP contribution in [0.2, 0.25) is 5.02 Å². The maximum atomic E-state index is 12.3. The van der Waals surface area contributed by atoms with Gasteiger partial charge in [0.1, 0.15) is 6.04 Å². The Kier molecular flexibility index (Phi) is 4.48. The summed E-state index contributed by atoms with van der Waals surface area (Å²) in [5.74, 6) is -0.256. The molecular weight excluding hydrogens is 288 g/mol. The van der Waals surface area contributed by atoms with Crippen molar-refractivity contribution in [1.29, 1.82) is 0 Å². The van der Waals surface area contributed by atoms with Crippen LogP contribution in [0.3, 0.4) is 0 Å². The standard InChI is InChI=1S/C16H17ClN2O2/c1-10-5-4-6-14(11(10)2)18-16(21)12(3)19-9-13(17)7-8-15(19)20/h4-9,12H,1-3H3,(H,18,21). The Morgan fingerprint density at radius 2 is 1.95 bits per heavy atom. The third-order valence-corrected chi connectivity index (χ3v) is 3.78. The Morgan fingerprint density at radius 1 is 1.24 bits per heavy atom. The number of nitrogens with one attached hydrogen (secondary N) is 1. The van der Waals surface area contributed by atoms with Crippen LogP contribution in [-0.2, 0) is 4.79 Å². The molecule has 1 heterocycles. The van der Waals surface area contributed by atoms with Crippen molar-refractivity contribution in [3.05, 3.63) is 63.0 Å². The second-order valence-electron chi connectivity index (χ2n) is 5.01. The molecule has 110 valence electrons. The summed E-state index contributed by atoms with van der Waals surface area (Å²) in [6, 6.07) is 7.92. The molecule has 1 atom stereocenters. The van der Waals surface area contributed by atoms with Gasteiger partial charge in [-0.3, -0.25) is 9.59 Å². The average molecular weight is 305 g/mol. The summed E-state index contributed by atoms with van der Waals surface area (Å²) >= 11 is 5.88. The molecule has 5 heteroatoms. The number of carbonyl (C=O) groups is 1. The number of carbonyl (C=O) groups excluding carboxylic acids is 1. The van der Waals surface area contributed by atoms with Crippen molar-refractivity contribution in [1.82, 2.24) is 4.57 Å². The first-order chi connectivity index (χ1) is 9.90. The number of nitrogens with zero attached hydrogens (tertiary/aromatic N) is 1. The fourth-order valence-corrected chi connectivity index (χ4v) is 2.20. The average Bonchev–Trinajstić information content (AvgIpc) is 2.45. The summed E-state index contributed by atoms with van der Waals surface area (Å²) in [6.07, 6.45) is 1.47. The van der Waals surface area contributed by atoms with E-state index in [1.165, 1.54) is 22.9 Å². The molecule has 2 rings (SSSR count). The van der Waals surface area contributed by atoms with E-state index in [-0.39, 0.29) is 11.5 Å². The molecule has 0 saturated heterocycles. The number of halogens is 1. The van der Waals surface area contributed by atoms with Crippen LogP contribution < -0.4 is 10.9 Å². The first-order valence-electron chi connectivity index (χ1n) is 6.65. The van der Waals surface area contributed by atoms with Gasteiger partial charge in [0, 0.05) is 18.0 Å². The van der Waals surface area contributed by atoms with Crippen molar-refractivity contribution in [2.45, 2.75) is 26.8 Å². The molecule has 1 aromatic carbocycles. The predicted octanol–water partition coefficient (Wildman–Crippen LogP) is 3.32. The number of rotatable bonds is 3. The molecule has 1 unspecified atom stereocenters. The van der Waals surface area contributed by atoms with Gasteiger partial charge in [-0.2, -0.15) is 0 Å². The maximum absolute atomic E-state index is 12.3. The van der Waals surface area contributed by atoms with Gasteiger partial charge in [-0.15, -0.1) is 0 Å². The molecular formula is C16H17ClN2O2. The minimum absolute atomic E-state index is 0.256. The summed E-state index contributed by atoms with van der Waals surface area (Å²) in [6.45, 7) is 5.59. The van der Waals surface area contributed by atoms with E-state index >= 15 is 0 Å². The number of pyridine rings is 1. The van der Waals surface area contributed by atoms with Gasteiger partial charge in [-0.25, -0.2) is 0 Å². The van der Waals surface area contributed by atoms with Gasteiger partial charge < -0.3 is 9.88 Å². The van der Waals surface area contributed by atoms with Crippen LogP contribution in [0.1, 0.15) is 24.1 Å². The van der Waals surface area contributed by atoms with E-state index in [4.69, 9.17) is 11.6 Å². The molecule has 2 aromatic rings. The lowest BCUT2D eigenvalue weighted by Gasteiger charge is -2.17. The van der Waals surface area contributed by atoms with Gasteiger partial charge in [0.15, 0.2) is 0 Å². The van der Waals surface area contributed by atoms with Crippen LogP contribution in [0.25, 0.3) is 0 Å². The molecule has 1 amide bonds. The highest BCUT2D eigenvalue weighted by Gasteiger charge is 2.17.